The Morgan fingerprint density at radius 3 is 3.08 bits per heavy atom. The number of ether oxygens (including phenoxy) is 1. The van der Waals surface area contributed by atoms with Crippen molar-refractivity contribution in [3.05, 3.63) is 24.5 Å². The van der Waals surface area contributed by atoms with Crippen LogP contribution < -0.4 is 4.74 Å². The smallest absolute Gasteiger partial charge is 0.387 e. The fourth-order valence-electron chi connectivity index (χ4n) is 1.03. The van der Waals surface area contributed by atoms with Crippen molar-refractivity contribution in [2.45, 2.75) is 6.61 Å². The highest BCUT2D eigenvalue weighted by Crippen LogP contribution is 2.18. The summed E-state index contributed by atoms with van der Waals surface area (Å²) in [5.74, 6) is 0.100. The van der Waals surface area contributed by atoms with Crippen molar-refractivity contribution in [1.82, 2.24) is 9.97 Å². The van der Waals surface area contributed by atoms with Crippen LogP contribution in [0.4, 0.5) is 8.78 Å². The molecule has 0 saturated carbocycles. The van der Waals surface area contributed by atoms with Gasteiger partial charge in [-0.05, 0) is 12.1 Å². The molecule has 1 aromatic carbocycles. The summed E-state index contributed by atoms with van der Waals surface area (Å²) in [5, 5.41) is 0. The molecule has 1 radical (unpaired) electrons. The average Bonchev–Trinajstić information content (AvgIpc) is 2.49. The summed E-state index contributed by atoms with van der Waals surface area (Å²) in [6, 6.07) is 4.48. The van der Waals surface area contributed by atoms with E-state index in [0.717, 1.165) is 5.52 Å². The molecular formula is C8H5F2N2O. The predicted octanol–water partition coefficient (Wildman–Crippen LogP) is 1.96. The lowest BCUT2D eigenvalue weighted by Crippen LogP contribution is -2.01. The van der Waals surface area contributed by atoms with Crippen molar-refractivity contribution < 1.29 is 13.5 Å². The van der Waals surface area contributed by atoms with E-state index in [1.807, 2.05) is 0 Å². The van der Waals surface area contributed by atoms with Gasteiger partial charge in [0.25, 0.3) is 0 Å². The third kappa shape index (κ3) is 1.58. The number of fused-ring (bicyclic) bond motifs is 1. The van der Waals surface area contributed by atoms with Crippen LogP contribution in [0.5, 0.6) is 5.75 Å². The number of rotatable bonds is 2. The molecule has 5 heteroatoms. The van der Waals surface area contributed by atoms with Crippen LogP contribution in [0.3, 0.4) is 0 Å². The zero-order chi connectivity index (χ0) is 9.26. The van der Waals surface area contributed by atoms with E-state index in [1.54, 1.807) is 6.07 Å². The molecule has 1 N–H and O–H groups in total. The summed E-state index contributed by atoms with van der Waals surface area (Å²) in [4.78, 5) is 6.50. The van der Waals surface area contributed by atoms with E-state index >= 15 is 0 Å². The van der Waals surface area contributed by atoms with Crippen LogP contribution in [0.2, 0.25) is 0 Å². The normalized spacial score (nSPS) is 11.0. The first-order chi connectivity index (χ1) is 6.25. The number of H-pyrrole nitrogens is 1. The lowest BCUT2D eigenvalue weighted by molar-refractivity contribution is -0.0497. The molecule has 2 rings (SSSR count). The van der Waals surface area contributed by atoms with E-state index in [2.05, 4.69) is 21.0 Å². The van der Waals surface area contributed by atoms with Crippen LogP contribution in [0, 0.1) is 6.33 Å². The van der Waals surface area contributed by atoms with Crippen LogP contribution >= 0.6 is 0 Å². The van der Waals surface area contributed by atoms with Crippen LogP contribution in [-0.4, -0.2) is 16.6 Å². The van der Waals surface area contributed by atoms with Crippen molar-refractivity contribution in [2.24, 2.45) is 0 Å². The maximum atomic E-state index is 11.8. The second-order valence-electron chi connectivity index (χ2n) is 2.41. The zero-order valence-electron chi connectivity index (χ0n) is 6.42. The molecule has 0 fully saturated rings. The Morgan fingerprint density at radius 2 is 2.31 bits per heavy atom. The molecule has 0 aliphatic rings. The van der Waals surface area contributed by atoms with Gasteiger partial charge in [-0.1, -0.05) is 0 Å². The van der Waals surface area contributed by atoms with Crippen molar-refractivity contribution in [3.63, 3.8) is 0 Å². The van der Waals surface area contributed by atoms with Crippen molar-refractivity contribution in [2.75, 3.05) is 0 Å². The molecule has 67 valence electrons. The molecule has 13 heavy (non-hydrogen) atoms. The number of hydrogen-bond acceptors (Lipinski definition) is 2. The summed E-state index contributed by atoms with van der Waals surface area (Å²) in [5.41, 5.74) is 1.29. The van der Waals surface area contributed by atoms with E-state index in [1.165, 1.54) is 12.1 Å². The minimum Gasteiger partial charge on any atom is -0.435 e. The Kier molecular flexibility index (Phi) is 1.84. The topological polar surface area (TPSA) is 37.9 Å². The van der Waals surface area contributed by atoms with Crippen molar-refractivity contribution in [3.8, 4) is 5.75 Å². The number of halogens is 2. The van der Waals surface area contributed by atoms with Crippen LogP contribution in [0.1, 0.15) is 0 Å². The van der Waals surface area contributed by atoms with Crippen molar-refractivity contribution >= 4 is 11.0 Å². The number of hydrogen-bond donors (Lipinski definition) is 1. The highest BCUT2D eigenvalue weighted by Gasteiger charge is 2.05. The summed E-state index contributed by atoms with van der Waals surface area (Å²) < 4.78 is 27.8. The summed E-state index contributed by atoms with van der Waals surface area (Å²) in [6.45, 7) is -2.81. The van der Waals surface area contributed by atoms with Gasteiger partial charge in [-0.2, -0.15) is 8.78 Å². The van der Waals surface area contributed by atoms with Crippen LogP contribution in [-0.2, 0) is 0 Å². The molecule has 0 aliphatic carbocycles. The highest BCUT2D eigenvalue weighted by atomic mass is 19.3. The monoisotopic (exact) mass is 183 g/mol. The number of nitrogens with one attached hydrogen (secondary N) is 1. The van der Waals surface area contributed by atoms with E-state index in [-0.39, 0.29) is 5.75 Å². The quantitative estimate of drug-likeness (QED) is 0.772. The van der Waals surface area contributed by atoms with Gasteiger partial charge in [0, 0.05) is 6.07 Å². The molecule has 0 aliphatic heterocycles. The Bertz CT molecular complexity index is 413. The van der Waals surface area contributed by atoms with Gasteiger partial charge >= 0.3 is 6.61 Å². The molecule has 3 nitrogen and oxygen atoms in total. The molecule has 0 bridgehead atoms. The number of nitrogens with zero attached hydrogens (tertiary/aromatic N) is 1. The average molecular weight is 183 g/mol. The van der Waals surface area contributed by atoms with Gasteiger partial charge in [0.15, 0.2) is 6.33 Å². The van der Waals surface area contributed by atoms with Gasteiger partial charge in [-0.3, -0.25) is 0 Å². The Labute approximate surface area is 72.4 Å². The van der Waals surface area contributed by atoms with Gasteiger partial charge in [-0.25, -0.2) is 4.98 Å². The number of imidazole rings is 1. The Hall–Kier alpha value is -1.65. The first-order valence-electron chi connectivity index (χ1n) is 3.56. The molecule has 1 aromatic heterocycles. The zero-order valence-corrected chi connectivity index (χ0v) is 6.42. The molecule has 0 unspecified atom stereocenters. The standard InChI is InChI=1S/C8H5F2N2O/c9-8(10)13-5-1-2-6-7(3-5)12-4-11-6/h1-3,8H,(H,11,12). The number of aromatic amines is 1. The molecule has 0 saturated heterocycles. The number of benzene rings is 1. The molecular weight excluding hydrogens is 178 g/mol. The third-order valence-corrected chi connectivity index (χ3v) is 1.56. The van der Waals surface area contributed by atoms with Gasteiger partial charge in [0.1, 0.15) is 5.75 Å². The maximum Gasteiger partial charge on any atom is 0.387 e. The largest absolute Gasteiger partial charge is 0.435 e. The van der Waals surface area contributed by atoms with Gasteiger partial charge in [0.05, 0.1) is 11.0 Å². The minimum atomic E-state index is -2.81. The molecule has 1 heterocycles. The van der Waals surface area contributed by atoms with E-state index in [0.29, 0.717) is 5.52 Å². The fraction of sp³-hybridized carbons (Fsp3) is 0.125. The molecule has 0 spiro atoms. The van der Waals surface area contributed by atoms with Crippen LogP contribution in [0.15, 0.2) is 18.2 Å². The van der Waals surface area contributed by atoms with Gasteiger partial charge < -0.3 is 9.72 Å². The minimum absolute atomic E-state index is 0.100. The first-order valence-corrected chi connectivity index (χ1v) is 3.56. The van der Waals surface area contributed by atoms with E-state index in [4.69, 9.17) is 0 Å². The highest BCUT2D eigenvalue weighted by molar-refractivity contribution is 5.75. The number of aromatic nitrogens is 2. The summed E-state index contributed by atoms with van der Waals surface area (Å²) >= 11 is 0. The molecule has 0 amide bonds. The second-order valence-corrected chi connectivity index (χ2v) is 2.41. The van der Waals surface area contributed by atoms with Crippen molar-refractivity contribution in [1.29, 1.82) is 0 Å². The van der Waals surface area contributed by atoms with Crippen LogP contribution in [0.25, 0.3) is 11.0 Å². The molecule has 0 atom stereocenters. The predicted molar refractivity (Wildman–Crippen MR) is 41.6 cm³/mol. The fourth-order valence-corrected chi connectivity index (χ4v) is 1.03. The summed E-state index contributed by atoms with van der Waals surface area (Å²) in [7, 11) is 0. The Morgan fingerprint density at radius 1 is 1.46 bits per heavy atom. The Balaban J connectivity index is 2.37. The number of alkyl halides is 2. The molecule has 2 aromatic rings. The third-order valence-electron chi connectivity index (χ3n) is 1.56. The SMILES string of the molecule is FC(F)Oc1ccc2[nH][c]nc2c1. The van der Waals surface area contributed by atoms with E-state index < -0.39 is 6.61 Å². The second kappa shape index (κ2) is 3.01. The van der Waals surface area contributed by atoms with E-state index in [9.17, 15) is 8.78 Å². The lowest BCUT2D eigenvalue weighted by atomic mass is 10.3. The summed E-state index contributed by atoms with van der Waals surface area (Å²) in [6.07, 6.45) is 2.50. The lowest BCUT2D eigenvalue weighted by Gasteiger charge is -2.02. The first kappa shape index (κ1) is 7.97. The maximum absolute atomic E-state index is 11.8. The van der Waals surface area contributed by atoms with Gasteiger partial charge in [0.2, 0.25) is 0 Å². The van der Waals surface area contributed by atoms with Gasteiger partial charge in [-0.15, -0.1) is 0 Å².